The molecule has 0 radical (unpaired) electrons. The van der Waals surface area contributed by atoms with Crippen LogP contribution in [0.3, 0.4) is 0 Å². The van der Waals surface area contributed by atoms with Gasteiger partial charge in [-0.3, -0.25) is 0 Å². The van der Waals surface area contributed by atoms with Crippen LogP contribution in [0.15, 0.2) is 115 Å². The molecule has 6 aromatic carbocycles. The van der Waals surface area contributed by atoms with Crippen molar-refractivity contribution in [1.29, 1.82) is 0 Å². The average molecular weight is 774 g/mol. The van der Waals surface area contributed by atoms with Crippen LogP contribution in [-0.2, 0) is 16.2 Å². The molecule has 0 spiro atoms. The van der Waals surface area contributed by atoms with Gasteiger partial charge in [-0.25, -0.2) is 0 Å². The first-order valence-electron chi connectivity index (χ1n) is 22.1. The van der Waals surface area contributed by atoms with Crippen molar-refractivity contribution in [3.63, 3.8) is 0 Å². The van der Waals surface area contributed by atoms with Gasteiger partial charge in [-0.2, -0.15) is 0 Å². The summed E-state index contributed by atoms with van der Waals surface area (Å²) in [5.41, 5.74) is 22.8. The number of hydrogen-bond acceptors (Lipinski definition) is 3. The zero-order valence-electron chi connectivity index (χ0n) is 37.2. The Kier molecular flexibility index (Phi) is 8.31. The van der Waals surface area contributed by atoms with Crippen molar-refractivity contribution >= 4 is 68.6 Å². The van der Waals surface area contributed by atoms with Crippen LogP contribution >= 0.6 is 0 Å². The van der Waals surface area contributed by atoms with E-state index in [-0.39, 0.29) is 28.5 Å². The molecule has 2 unspecified atom stereocenters. The quantitative estimate of drug-likeness (QED) is 0.165. The lowest BCUT2D eigenvalue weighted by Gasteiger charge is -2.53. The first-order chi connectivity index (χ1) is 28.0. The fourth-order valence-electron chi connectivity index (χ4n) is 11.6. The molecule has 1 fully saturated rings. The third kappa shape index (κ3) is 5.47. The van der Waals surface area contributed by atoms with Crippen molar-refractivity contribution in [2.75, 3.05) is 14.7 Å². The van der Waals surface area contributed by atoms with E-state index in [4.69, 9.17) is 0 Å². The molecule has 2 atom stereocenters. The maximum absolute atomic E-state index is 2.87. The monoisotopic (exact) mass is 773 g/mol. The molecule has 1 saturated carbocycles. The Morgan fingerprint density at radius 1 is 0.559 bits per heavy atom. The minimum Gasteiger partial charge on any atom is -0.335 e. The zero-order chi connectivity index (χ0) is 41.4. The van der Waals surface area contributed by atoms with Crippen molar-refractivity contribution in [2.45, 2.75) is 124 Å². The second-order valence-corrected chi connectivity index (χ2v) is 20.8. The normalized spacial score (nSPS) is 20.2. The molecular weight excluding hydrogens is 713 g/mol. The van der Waals surface area contributed by atoms with Gasteiger partial charge in [0, 0.05) is 45.2 Å². The third-order valence-corrected chi connectivity index (χ3v) is 15.0. The van der Waals surface area contributed by atoms with Crippen LogP contribution in [0, 0.1) is 20.8 Å². The van der Waals surface area contributed by atoms with Crippen LogP contribution in [-0.4, -0.2) is 12.3 Å². The lowest BCUT2D eigenvalue weighted by atomic mass is 9.33. The Hall–Kier alpha value is -5.22. The Morgan fingerprint density at radius 2 is 1.15 bits per heavy atom. The number of rotatable bonds is 4. The predicted octanol–water partition coefficient (Wildman–Crippen LogP) is 13.0. The van der Waals surface area contributed by atoms with Gasteiger partial charge in [0.1, 0.15) is 0 Å². The van der Waals surface area contributed by atoms with E-state index < -0.39 is 0 Å². The van der Waals surface area contributed by atoms with Gasteiger partial charge < -0.3 is 14.7 Å². The highest BCUT2D eigenvalue weighted by Gasteiger charge is 2.61. The van der Waals surface area contributed by atoms with Gasteiger partial charge in [0.15, 0.2) is 0 Å². The molecule has 3 heterocycles. The fourth-order valence-corrected chi connectivity index (χ4v) is 11.6. The minimum atomic E-state index is -0.0680. The Balaban J connectivity index is 1.33. The molecule has 0 N–H and O–H groups in total. The topological polar surface area (TPSA) is 9.72 Å². The molecule has 298 valence electrons. The van der Waals surface area contributed by atoms with E-state index in [1.54, 1.807) is 5.56 Å². The number of hydrogen-bond donors (Lipinski definition) is 0. The van der Waals surface area contributed by atoms with Crippen LogP contribution in [0.25, 0.3) is 0 Å². The van der Waals surface area contributed by atoms with Crippen LogP contribution in [0.5, 0.6) is 0 Å². The highest BCUT2D eigenvalue weighted by Crippen LogP contribution is 2.62. The highest BCUT2D eigenvalue weighted by molar-refractivity contribution is 7.00. The predicted molar refractivity (Wildman–Crippen MR) is 255 cm³/mol. The lowest BCUT2D eigenvalue weighted by Crippen LogP contribution is -2.64. The summed E-state index contributed by atoms with van der Waals surface area (Å²) in [4.78, 5) is 8.02. The standard InChI is InChI=1S/C55H60BN3/c1-35-31-43-51-45(32-35)56-44-19-16-18-37(3)50(44)58(46-20-13-12-17-36(46)2)47-33-42(34-48(49(47)56)59(51)55(11)30-15-14-29-54(43,55)10)57(40-25-21-38(22-26-40)52(4,5)6)41-27-23-39(24-28-41)53(7,8)9/h12-13,16-28,31-34H,14-15,29-30H2,1-11H3. The zero-order valence-corrected chi connectivity index (χ0v) is 37.2. The molecule has 3 nitrogen and oxygen atoms in total. The van der Waals surface area contributed by atoms with Crippen LogP contribution in [0.4, 0.5) is 45.5 Å². The first-order valence-corrected chi connectivity index (χ1v) is 22.1. The summed E-state index contributed by atoms with van der Waals surface area (Å²) in [6.45, 7) is 26.0. The van der Waals surface area contributed by atoms with Crippen LogP contribution in [0.1, 0.15) is 114 Å². The van der Waals surface area contributed by atoms with Crippen molar-refractivity contribution in [1.82, 2.24) is 0 Å². The molecule has 6 aromatic rings. The molecule has 0 amide bonds. The van der Waals surface area contributed by atoms with Crippen molar-refractivity contribution in [3.05, 3.63) is 149 Å². The molecule has 4 aliphatic rings. The SMILES string of the molecule is Cc1cc2c3c(c1)C1(C)CCCCC1(C)N3c1cc(N(c3ccc(C(C)(C)C)cc3)c3ccc(C(C)(C)C)cc3)cc3c1B2c1cccc(C)c1N3c1ccccc1C. The molecule has 4 heteroatoms. The van der Waals surface area contributed by atoms with E-state index in [0.717, 1.165) is 0 Å². The largest absolute Gasteiger partial charge is 0.335 e. The summed E-state index contributed by atoms with van der Waals surface area (Å²) < 4.78 is 0. The number of nitrogens with zero attached hydrogens (tertiary/aromatic N) is 3. The molecule has 0 saturated heterocycles. The molecule has 59 heavy (non-hydrogen) atoms. The van der Waals surface area contributed by atoms with Gasteiger partial charge in [-0.05, 0) is 138 Å². The van der Waals surface area contributed by atoms with E-state index in [0.29, 0.717) is 0 Å². The van der Waals surface area contributed by atoms with Crippen molar-refractivity contribution < 1.29 is 0 Å². The summed E-state index contributed by atoms with van der Waals surface area (Å²) in [5.74, 6) is 0. The van der Waals surface area contributed by atoms with Crippen molar-refractivity contribution in [2.24, 2.45) is 0 Å². The first kappa shape index (κ1) is 38.0. The van der Waals surface area contributed by atoms with Gasteiger partial charge in [-0.15, -0.1) is 0 Å². The highest BCUT2D eigenvalue weighted by atomic mass is 15.3. The summed E-state index contributed by atoms with van der Waals surface area (Å²) in [5, 5.41) is 0. The number of benzene rings is 6. The third-order valence-electron chi connectivity index (χ3n) is 15.0. The maximum Gasteiger partial charge on any atom is 0.252 e. The Morgan fingerprint density at radius 3 is 1.78 bits per heavy atom. The number of aryl methyl sites for hydroxylation is 3. The molecule has 0 aromatic heterocycles. The van der Waals surface area contributed by atoms with Crippen molar-refractivity contribution in [3.8, 4) is 0 Å². The Labute approximate surface area is 354 Å². The number of para-hydroxylation sites is 2. The minimum absolute atomic E-state index is 0.0358. The van der Waals surface area contributed by atoms with Gasteiger partial charge >= 0.3 is 0 Å². The van der Waals surface area contributed by atoms with E-state index in [1.165, 1.54) is 115 Å². The smallest absolute Gasteiger partial charge is 0.252 e. The van der Waals surface area contributed by atoms with E-state index >= 15 is 0 Å². The summed E-state index contributed by atoms with van der Waals surface area (Å²) in [6.07, 6.45) is 4.90. The lowest BCUT2D eigenvalue weighted by molar-refractivity contribution is 0.195. The van der Waals surface area contributed by atoms with E-state index in [2.05, 4.69) is 206 Å². The van der Waals surface area contributed by atoms with E-state index in [1.807, 2.05) is 0 Å². The summed E-state index contributed by atoms with van der Waals surface area (Å²) >= 11 is 0. The molecule has 0 bridgehead atoms. The van der Waals surface area contributed by atoms with Gasteiger partial charge in [0.25, 0.3) is 6.71 Å². The fraction of sp³-hybridized carbons (Fsp3) is 0.345. The van der Waals surface area contributed by atoms with Crippen LogP contribution < -0.4 is 31.1 Å². The maximum atomic E-state index is 2.87. The number of fused-ring (bicyclic) bond motifs is 7. The van der Waals surface area contributed by atoms with Gasteiger partial charge in [0.05, 0.1) is 11.2 Å². The number of anilines is 8. The molecular formula is C55H60BN3. The Bertz CT molecular complexity index is 2600. The van der Waals surface area contributed by atoms with Gasteiger partial charge in [-0.1, -0.05) is 140 Å². The summed E-state index contributed by atoms with van der Waals surface area (Å²) in [7, 11) is 0. The average Bonchev–Trinajstić information content (AvgIpc) is 3.40. The van der Waals surface area contributed by atoms with Gasteiger partial charge in [0.2, 0.25) is 0 Å². The second kappa shape index (κ2) is 12.9. The summed E-state index contributed by atoms with van der Waals surface area (Å²) in [6, 6.07) is 44.9. The molecule has 1 aliphatic carbocycles. The second-order valence-electron chi connectivity index (χ2n) is 20.8. The molecule has 10 rings (SSSR count). The van der Waals surface area contributed by atoms with E-state index in [9.17, 15) is 0 Å². The molecule has 3 aliphatic heterocycles. The van der Waals surface area contributed by atoms with Crippen LogP contribution in [0.2, 0.25) is 0 Å².